The van der Waals surface area contributed by atoms with Crippen molar-refractivity contribution >= 4 is 23.2 Å². The lowest BCUT2D eigenvalue weighted by Crippen LogP contribution is -2.54. The molecule has 1 aliphatic heterocycles. The van der Waals surface area contributed by atoms with E-state index in [2.05, 4.69) is 5.32 Å². The number of amides is 2. The SMILES string of the molecule is NC(=O)C1COCCN1CC(=O)Nc1ccc(F)c(N)c1. The van der Waals surface area contributed by atoms with Crippen LogP contribution in [0.4, 0.5) is 15.8 Å². The highest BCUT2D eigenvalue weighted by atomic mass is 19.1. The zero-order valence-corrected chi connectivity index (χ0v) is 11.3. The molecule has 1 atom stereocenters. The monoisotopic (exact) mass is 296 g/mol. The first-order valence-electron chi connectivity index (χ1n) is 6.43. The van der Waals surface area contributed by atoms with Crippen LogP contribution < -0.4 is 16.8 Å². The zero-order valence-electron chi connectivity index (χ0n) is 11.3. The highest BCUT2D eigenvalue weighted by molar-refractivity contribution is 5.93. The first-order valence-corrected chi connectivity index (χ1v) is 6.43. The number of nitrogens with zero attached hydrogens (tertiary/aromatic N) is 1. The number of anilines is 2. The van der Waals surface area contributed by atoms with Crippen LogP contribution >= 0.6 is 0 Å². The first-order chi connectivity index (χ1) is 9.97. The van der Waals surface area contributed by atoms with E-state index in [9.17, 15) is 14.0 Å². The molecule has 1 fully saturated rings. The average molecular weight is 296 g/mol. The van der Waals surface area contributed by atoms with Crippen LogP contribution in [0.1, 0.15) is 0 Å². The van der Waals surface area contributed by atoms with Gasteiger partial charge in [0.25, 0.3) is 0 Å². The zero-order chi connectivity index (χ0) is 15.4. The topological polar surface area (TPSA) is 111 Å². The van der Waals surface area contributed by atoms with Gasteiger partial charge in [0, 0.05) is 12.2 Å². The number of carbonyl (C=O) groups is 2. The summed E-state index contributed by atoms with van der Waals surface area (Å²) in [6.45, 7) is 1.04. The Morgan fingerprint density at radius 1 is 1.48 bits per heavy atom. The molecule has 1 aromatic carbocycles. The number of morpholine rings is 1. The number of nitrogen functional groups attached to an aromatic ring is 1. The Balaban J connectivity index is 1.97. The van der Waals surface area contributed by atoms with Gasteiger partial charge >= 0.3 is 0 Å². The maximum absolute atomic E-state index is 13.0. The van der Waals surface area contributed by atoms with Crippen LogP contribution in [0, 0.1) is 5.82 Å². The summed E-state index contributed by atoms with van der Waals surface area (Å²) in [6.07, 6.45) is 0. The van der Waals surface area contributed by atoms with Crippen molar-refractivity contribution in [3.63, 3.8) is 0 Å². The van der Waals surface area contributed by atoms with Crippen LogP contribution in [-0.4, -0.2) is 49.1 Å². The summed E-state index contributed by atoms with van der Waals surface area (Å²) >= 11 is 0. The van der Waals surface area contributed by atoms with Gasteiger partial charge in [0.15, 0.2) is 0 Å². The van der Waals surface area contributed by atoms with Gasteiger partial charge in [0.1, 0.15) is 11.9 Å². The molecule has 21 heavy (non-hydrogen) atoms. The fourth-order valence-electron chi connectivity index (χ4n) is 2.10. The van der Waals surface area contributed by atoms with Gasteiger partial charge < -0.3 is 21.5 Å². The van der Waals surface area contributed by atoms with Gasteiger partial charge in [0.2, 0.25) is 11.8 Å². The fourth-order valence-corrected chi connectivity index (χ4v) is 2.10. The Labute approximate surface area is 121 Å². The molecule has 0 radical (unpaired) electrons. The summed E-state index contributed by atoms with van der Waals surface area (Å²) in [7, 11) is 0. The van der Waals surface area contributed by atoms with Crippen molar-refractivity contribution in [2.45, 2.75) is 6.04 Å². The number of benzene rings is 1. The molecule has 2 amide bonds. The average Bonchev–Trinajstić information content (AvgIpc) is 2.43. The maximum Gasteiger partial charge on any atom is 0.238 e. The minimum atomic E-state index is -0.622. The van der Waals surface area contributed by atoms with Gasteiger partial charge in [-0.2, -0.15) is 0 Å². The molecule has 0 aliphatic carbocycles. The van der Waals surface area contributed by atoms with E-state index >= 15 is 0 Å². The van der Waals surface area contributed by atoms with Crippen LogP contribution in [-0.2, 0) is 14.3 Å². The fraction of sp³-hybridized carbons (Fsp3) is 0.385. The van der Waals surface area contributed by atoms with Crippen LogP contribution in [0.25, 0.3) is 0 Å². The van der Waals surface area contributed by atoms with E-state index in [1.807, 2.05) is 0 Å². The number of hydrogen-bond donors (Lipinski definition) is 3. The molecule has 1 heterocycles. The van der Waals surface area contributed by atoms with E-state index in [-0.39, 0.29) is 24.7 Å². The van der Waals surface area contributed by atoms with Gasteiger partial charge in [-0.1, -0.05) is 0 Å². The number of hydrogen-bond acceptors (Lipinski definition) is 5. The molecule has 7 nitrogen and oxygen atoms in total. The van der Waals surface area contributed by atoms with Gasteiger partial charge in [0.05, 0.1) is 25.4 Å². The molecule has 1 aliphatic rings. The number of nitrogens with one attached hydrogen (secondary N) is 1. The molecule has 0 aromatic heterocycles. The third-order valence-electron chi connectivity index (χ3n) is 3.19. The largest absolute Gasteiger partial charge is 0.396 e. The van der Waals surface area contributed by atoms with E-state index in [1.165, 1.54) is 18.2 Å². The predicted octanol–water partition coefficient (Wildman–Crippen LogP) is -0.467. The van der Waals surface area contributed by atoms with Gasteiger partial charge in [-0.25, -0.2) is 4.39 Å². The molecule has 0 saturated carbocycles. The first kappa shape index (κ1) is 15.2. The third-order valence-corrected chi connectivity index (χ3v) is 3.19. The molecule has 2 rings (SSSR count). The minimum Gasteiger partial charge on any atom is -0.396 e. The summed E-state index contributed by atoms with van der Waals surface area (Å²) < 4.78 is 18.2. The normalized spacial score (nSPS) is 19.2. The van der Waals surface area contributed by atoms with Gasteiger partial charge in [-0.05, 0) is 18.2 Å². The minimum absolute atomic E-state index is 0.00571. The van der Waals surface area contributed by atoms with Gasteiger partial charge in [-0.3, -0.25) is 14.5 Å². The van der Waals surface area contributed by atoms with Crippen LogP contribution in [0.2, 0.25) is 0 Å². The lowest BCUT2D eigenvalue weighted by atomic mass is 10.2. The van der Waals surface area contributed by atoms with Crippen molar-refractivity contribution in [2.24, 2.45) is 5.73 Å². The number of ether oxygens (including phenoxy) is 1. The highest BCUT2D eigenvalue weighted by Gasteiger charge is 2.29. The van der Waals surface area contributed by atoms with E-state index in [0.29, 0.717) is 18.8 Å². The van der Waals surface area contributed by atoms with E-state index in [4.69, 9.17) is 16.2 Å². The molecule has 0 bridgehead atoms. The number of rotatable bonds is 4. The molecule has 5 N–H and O–H groups in total. The highest BCUT2D eigenvalue weighted by Crippen LogP contribution is 2.16. The second kappa shape index (κ2) is 6.51. The van der Waals surface area contributed by atoms with Crippen molar-refractivity contribution in [3.05, 3.63) is 24.0 Å². The van der Waals surface area contributed by atoms with E-state index in [0.717, 1.165) is 0 Å². The quantitative estimate of drug-likeness (QED) is 0.651. The number of nitrogens with two attached hydrogens (primary N) is 2. The smallest absolute Gasteiger partial charge is 0.238 e. The second-order valence-electron chi connectivity index (χ2n) is 4.75. The Bertz CT molecular complexity index is 552. The number of halogens is 1. The lowest BCUT2D eigenvalue weighted by Gasteiger charge is -2.32. The Morgan fingerprint density at radius 2 is 2.24 bits per heavy atom. The van der Waals surface area contributed by atoms with Crippen LogP contribution in [0.15, 0.2) is 18.2 Å². The van der Waals surface area contributed by atoms with E-state index in [1.54, 1.807) is 4.90 Å². The van der Waals surface area contributed by atoms with Crippen molar-refractivity contribution in [2.75, 3.05) is 37.4 Å². The Kier molecular flexibility index (Phi) is 4.71. The predicted molar refractivity (Wildman–Crippen MR) is 74.8 cm³/mol. The standard InChI is InChI=1S/C13H17FN4O3/c14-9-2-1-8(5-10(9)15)17-12(19)6-18-3-4-21-7-11(18)13(16)20/h1-2,5,11H,3-4,6-7,15H2,(H2,16,20)(H,17,19). The van der Waals surface area contributed by atoms with Crippen molar-refractivity contribution in [1.29, 1.82) is 0 Å². The molecular weight excluding hydrogens is 279 g/mol. The van der Waals surface area contributed by atoms with Gasteiger partial charge in [-0.15, -0.1) is 0 Å². The van der Waals surface area contributed by atoms with Crippen molar-refractivity contribution in [1.82, 2.24) is 4.90 Å². The molecule has 8 heteroatoms. The molecule has 0 spiro atoms. The van der Waals surface area contributed by atoms with Crippen LogP contribution in [0.3, 0.4) is 0 Å². The Hall–Kier alpha value is -2.19. The van der Waals surface area contributed by atoms with Crippen molar-refractivity contribution in [3.8, 4) is 0 Å². The van der Waals surface area contributed by atoms with E-state index < -0.39 is 17.8 Å². The molecule has 1 unspecified atom stereocenters. The summed E-state index contributed by atoms with van der Waals surface area (Å²) in [5, 5.41) is 2.60. The summed E-state index contributed by atoms with van der Waals surface area (Å²) in [6, 6.07) is 3.29. The molecular formula is C13H17FN4O3. The summed E-state index contributed by atoms with van der Waals surface area (Å²) in [4.78, 5) is 24.9. The second-order valence-corrected chi connectivity index (χ2v) is 4.75. The molecule has 114 valence electrons. The summed E-state index contributed by atoms with van der Waals surface area (Å²) in [5.74, 6) is -1.42. The maximum atomic E-state index is 13.0. The summed E-state index contributed by atoms with van der Waals surface area (Å²) in [5.41, 5.74) is 11.0. The third kappa shape index (κ3) is 3.89. The Morgan fingerprint density at radius 3 is 2.90 bits per heavy atom. The number of carbonyl (C=O) groups excluding carboxylic acids is 2. The molecule has 1 aromatic rings. The number of primary amides is 1. The lowest BCUT2D eigenvalue weighted by molar-refractivity contribution is -0.131. The van der Waals surface area contributed by atoms with Crippen molar-refractivity contribution < 1.29 is 18.7 Å². The van der Waals surface area contributed by atoms with Crippen LogP contribution in [0.5, 0.6) is 0 Å². The molecule has 1 saturated heterocycles.